The first-order chi connectivity index (χ1) is 8.15. The molecule has 0 spiro atoms. The van der Waals surface area contributed by atoms with Gasteiger partial charge in [0.15, 0.2) is 0 Å². The minimum atomic E-state index is -0.854. The van der Waals surface area contributed by atoms with Crippen LogP contribution in [0.4, 0.5) is 0 Å². The summed E-state index contributed by atoms with van der Waals surface area (Å²) in [5.74, 6) is -0.0980. The number of thiophene rings is 1. The number of carboxylic acid groups (broad SMARTS) is 1. The van der Waals surface area contributed by atoms with Crippen LogP contribution < -0.4 is 0 Å². The maximum absolute atomic E-state index is 10.7. The highest BCUT2D eigenvalue weighted by atomic mass is 32.1. The van der Waals surface area contributed by atoms with Crippen molar-refractivity contribution in [2.75, 3.05) is 0 Å². The number of carboxylic acids is 1. The van der Waals surface area contributed by atoms with Crippen LogP contribution in [0.2, 0.25) is 0 Å². The van der Waals surface area contributed by atoms with Crippen LogP contribution in [0.3, 0.4) is 0 Å². The molecule has 1 aromatic rings. The van der Waals surface area contributed by atoms with Gasteiger partial charge in [-0.25, -0.2) is 4.79 Å². The van der Waals surface area contributed by atoms with Crippen LogP contribution in [0.25, 0.3) is 0 Å². The highest BCUT2D eigenvalue weighted by molar-refractivity contribution is 7.13. The lowest BCUT2D eigenvalue weighted by Gasteiger charge is -2.26. The van der Waals surface area contributed by atoms with Crippen molar-refractivity contribution in [3.05, 3.63) is 21.9 Å². The summed E-state index contributed by atoms with van der Waals surface area (Å²) in [5, 5.41) is 8.82. The van der Waals surface area contributed by atoms with E-state index in [1.807, 2.05) is 6.07 Å². The minimum Gasteiger partial charge on any atom is -0.477 e. The summed E-state index contributed by atoms with van der Waals surface area (Å²) in [6, 6.07) is 3.50. The molecule has 0 saturated heterocycles. The summed E-state index contributed by atoms with van der Waals surface area (Å²) in [5.41, 5.74) is 0. The van der Waals surface area contributed by atoms with E-state index in [-0.39, 0.29) is 0 Å². The third kappa shape index (κ3) is 3.54. The molecule has 94 valence electrons. The molecule has 0 bridgehead atoms. The van der Waals surface area contributed by atoms with Crippen molar-refractivity contribution >= 4 is 17.3 Å². The second-order valence-electron chi connectivity index (χ2n) is 4.78. The lowest BCUT2D eigenvalue weighted by molar-refractivity contribution is 0.00591. The summed E-state index contributed by atoms with van der Waals surface area (Å²) in [4.78, 5) is 12.1. The van der Waals surface area contributed by atoms with Crippen molar-refractivity contribution in [1.82, 2.24) is 0 Å². The van der Waals surface area contributed by atoms with E-state index >= 15 is 0 Å². The molecule has 2 unspecified atom stereocenters. The van der Waals surface area contributed by atoms with Gasteiger partial charge in [0, 0.05) is 4.88 Å². The van der Waals surface area contributed by atoms with Gasteiger partial charge in [0.1, 0.15) is 4.88 Å². The van der Waals surface area contributed by atoms with E-state index in [0.29, 0.717) is 17.6 Å². The molecule has 2 rings (SSSR count). The molecule has 0 aromatic carbocycles. The monoisotopic (exact) mass is 254 g/mol. The normalized spacial score (nSPS) is 24.8. The number of aromatic carboxylic acids is 1. The van der Waals surface area contributed by atoms with Gasteiger partial charge in [0.2, 0.25) is 0 Å². The molecule has 1 saturated carbocycles. The number of rotatable bonds is 4. The Morgan fingerprint density at radius 3 is 3.00 bits per heavy atom. The fraction of sp³-hybridized carbons (Fsp3) is 0.615. The van der Waals surface area contributed by atoms with Gasteiger partial charge in [-0.3, -0.25) is 0 Å². The van der Waals surface area contributed by atoms with Gasteiger partial charge in [-0.1, -0.05) is 19.8 Å². The Morgan fingerprint density at radius 2 is 2.35 bits per heavy atom. The Bertz CT molecular complexity index is 386. The van der Waals surface area contributed by atoms with E-state index in [4.69, 9.17) is 9.84 Å². The fourth-order valence-corrected chi connectivity index (χ4v) is 3.07. The van der Waals surface area contributed by atoms with Crippen molar-refractivity contribution < 1.29 is 14.6 Å². The molecule has 0 aliphatic heterocycles. The van der Waals surface area contributed by atoms with Crippen LogP contribution in [0.5, 0.6) is 0 Å². The summed E-state index contributed by atoms with van der Waals surface area (Å²) in [6.45, 7) is 2.82. The first kappa shape index (κ1) is 12.6. The second-order valence-corrected chi connectivity index (χ2v) is 5.94. The van der Waals surface area contributed by atoms with Gasteiger partial charge < -0.3 is 9.84 Å². The maximum atomic E-state index is 10.7. The number of hydrogen-bond donors (Lipinski definition) is 1. The second kappa shape index (κ2) is 5.65. The number of hydrogen-bond acceptors (Lipinski definition) is 3. The SMILES string of the molecule is CC1CCCC(OCc2ccc(C(=O)O)s2)C1. The third-order valence-electron chi connectivity index (χ3n) is 3.22. The Balaban J connectivity index is 1.82. The quantitative estimate of drug-likeness (QED) is 0.894. The minimum absolute atomic E-state index is 0.356. The van der Waals surface area contributed by atoms with Crippen molar-refractivity contribution in [3.63, 3.8) is 0 Å². The highest BCUT2D eigenvalue weighted by Gasteiger charge is 2.19. The fourth-order valence-electron chi connectivity index (χ4n) is 2.30. The average molecular weight is 254 g/mol. The molecule has 1 N–H and O–H groups in total. The lowest BCUT2D eigenvalue weighted by atomic mass is 9.89. The molecule has 0 radical (unpaired) electrons. The van der Waals surface area contributed by atoms with Crippen LogP contribution in [0.15, 0.2) is 12.1 Å². The average Bonchev–Trinajstić information content (AvgIpc) is 2.75. The van der Waals surface area contributed by atoms with E-state index < -0.39 is 5.97 Å². The molecule has 1 aromatic heterocycles. The molecule has 2 atom stereocenters. The molecule has 17 heavy (non-hydrogen) atoms. The van der Waals surface area contributed by atoms with Gasteiger partial charge in [0.05, 0.1) is 12.7 Å². The highest BCUT2D eigenvalue weighted by Crippen LogP contribution is 2.27. The molecule has 3 nitrogen and oxygen atoms in total. The molecule has 1 aliphatic carbocycles. The van der Waals surface area contributed by atoms with Crippen molar-refractivity contribution in [1.29, 1.82) is 0 Å². The first-order valence-corrected chi connectivity index (χ1v) is 6.90. The standard InChI is InChI=1S/C13H18O3S/c1-9-3-2-4-10(7-9)16-8-11-5-6-12(17-11)13(14)15/h5-6,9-10H,2-4,7-8H2,1H3,(H,14,15). The Hall–Kier alpha value is -0.870. The zero-order valence-corrected chi connectivity index (χ0v) is 10.8. The Labute approximate surface area is 105 Å². The van der Waals surface area contributed by atoms with Gasteiger partial charge in [-0.2, -0.15) is 0 Å². The molecule has 4 heteroatoms. The predicted octanol–water partition coefficient (Wildman–Crippen LogP) is 3.54. The molecule has 1 aliphatic rings. The van der Waals surface area contributed by atoms with Crippen LogP contribution >= 0.6 is 11.3 Å². The smallest absolute Gasteiger partial charge is 0.345 e. The van der Waals surface area contributed by atoms with Gasteiger partial charge in [-0.15, -0.1) is 11.3 Å². The molecule has 0 amide bonds. The van der Waals surface area contributed by atoms with Crippen LogP contribution in [0, 0.1) is 5.92 Å². The summed E-state index contributed by atoms with van der Waals surface area (Å²) in [7, 11) is 0. The van der Waals surface area contributed by atoms with Gasteiger partial charge in [0.25, 0.3) is 0 Å². The van der Waals surface area contributed by atoms with Crippen molar-refractivity contribution in [2.45, 2.75) is 45.3 Å². The topological polar surface area (TPSA) is 46.5 Å². The zero-order valence-electron chi connectivity index (χ0n) is 10.0. The molecular weight excluding hydrogens is 236 g/mol. The van der Waals surface area contributed by atoms with E-state index in [2.05, 4.69) is 6.92 Å². The maximum Gasteiger partial charge on any atom is 0.345 e. The van der Waals surface area contributed by atoms with Gasteiger partial charge in [-0.05, 0) is 30.9 Å². The summed E-state index contributed by atoms with van der Waals surface area (Å²) in [6.07, 6.45) is 5.19. The number of carbonyl (C=O) groups is 1. The molecule has 1 fully saturated rings. The first-order valence-electron chi connectivity index (χ1n) is 6.08. The number of ether oxygens (including phenoxy) is 1. The lowest BCUT2D eigenvalue weighted by Crippen LogP contribution is -2.21. The summed E-state index contributed by atoms with van der Waals surface area (Å²) >= 11 is 1.31. The van der Waals surface area contributed by atoms with Crippen molar-refractivity contribution in [2.24, 2.45) is 5.92 Å². The Kier molecular flexibility index (Phi) is 4.18. The van der Waals surface area contributed by atoms with E-state index in [1.165, 1.54) is 24.2 Å². The molecule has 1 heterocycles. The Morgan fingerprint density at radius 1 is 1.53 bits per heavy atom. The third-order valence-corrected chi connectivity index (χ3v) is 4.27. The largest absolute Gasteiger partial charge is 0.477 e. The van der Waals surface area contributed by atoms with Crippen LogP contribution in [-0.4, -0.2) is 17.2 Å². The zero-order chi connectivity index (χ0) is 12.3. The molecular formula is C13H18O3S. The predicted molar refractivity (Wildman–Crippen MR) is 67.5 cm³/mol. The van der Waals surface area contributed by atoms with Crippen LogP contribution in [0.1, 0.15) is 47.2 Å². The van der Waals surface area contributed by atoms with E-state index in [1.54, 1.807) is 6.07 Å². The van der Waals surface area contributed by atoms with E-state index in [9.17, 15) is 4.79 Å². The van der Waals surface area contributed by atoms with Crippen molar-refractivity contribution in [3.8, 4) is 0 Å². The van der Waals surface area contributed by atoms with E-state index in [0.717, 1.165) is 23.6 Å². The van der Waals surface area contributed by atoms with Gasteiger partial charge >= 0.3 is 5.97 Å². The summed E-state index contributed by atoms with van der Waals surface area (Å²) < 4.78 is 5.85. The van der Waals surface area contributed by atoms with Crippen LogP contribution in [-0.2, 0) is 11.3 Å².